The van der Waals surface area contributed by atoms with E-state index in [0.717, 1.165) is 43.5 Å². The number of benzene rings is 3. The van der Waals surface area contributed by atoms with E-state index in [-0.39, 0.29) is 15.5 Å². The Morgan fingerprint density at radius 3 is 2.00 bits per heavy atom. The number of sulfonamides is 2. The summed E-state index contributed by atoms with van der Waals surface area (Å²) in [6.45, 7) is 5.22. The highest BCUT2D eigenvalue weighted by molar-refractivity contribution is 7.93. The van der Waals surface area contributed by atoms with Gasteiger partial charge in [-0.25, -0.2) is 16.8 Å². The number of anilines is 3. The molecule has 4 rings (SSSR count). The molecule has 1 saturated heterocycles. The van der Waals surface area contributed by atoms with Gasteiger partial charge in [-0.3, -0.25) is 9.44 Å². The summed E-state index contributed by atoms with van der Waals surface area (Å²) in [6.07, 6.45) is 3.02. The van der Waals surface area contributed by atoms with Crippen LogP contribution < -0.4 is 19.1 Å². The molecule has 0 bridgehead atoms. The molecule has 10 heteroatoms. The maximum absolute atomic E-state index is 13.5. The summed E-state index contributed by atoms with van der Waals surface area (Å²) in [5.74, 6) is 0.606. The summed E-state index contributed by atoms with van der Waals surface area (Å²) in [6, 6.07) is 16.1. The van der Waals surface area contributed by atoms with Crippen molar-refractivity contribution in [1.82, 2.24) is 0 Å². The van der Waals surface area contributed by atoms with Crippen molar-refractivity contribution in [3.63, 3.8) is 0 Å². The van der Waals surface area contributed by atoms with Crippen LogP contribution in [0.4, 0.5) is 17.1 Å². The van der Waals surface area contributed by atoms with Gasteiger partial charge < -0.3 is 9.64 Å². The molecule has 1 aliphatic rings. The summed E-state index contributed by atoms with van der Waals surface area (Å²) in [4.78, 5) is 2.17. The Bertz CT molecular complexity index is 1450. The number of nitrogens with one attached hydrogen (secondary N) is 2. The van der Waals surface area contributed by atoms with Gasteiger partial charge in [-0.2, -0.15) is 0 Å². The Labute approximate surface area is 213 Å². The molecule has 3 aromatic rings. The lowest BCUT2D eigenvalue weighted by molar-refractivity contribution is 0.415. The van der Waals surface area contributed by atoms with Crippen LogP contribution >= 0.6 is 0 Å². The number of rotatable bonds is 8. The Balaban J connectivity index is 1.71. The minimum absolute atomic E-state index is 0.0144. The second-order valence-corrected chi connectivity index (χ2v) is 12.2. The monoisotopic (exact) mass is 529 g/mol. The lowest BCUT2D eigenvalue weighted by Crippen LogP contribution is -2.31. The van der Waals surface area contributed by atoms with Gasteiger partial charge in [-0.05, 0) is 98.8 Å². The smallest absolute Gasteiger partial charge is 0.264 e. The second-order valence-electron chi connectivity index (χ2n) is 8.92. The number of hydrogen-bond donors (Lipinski definition) is 2. The third-order valence-corrected chi connectivity index (χ3v) is 9.12. The van der Waals surface area contributed by atoms with Gasteiger partial charge in [-0.1, -0.05) is 6.07 Å². The maximum atomic E-state index is 13.5. The predicted octanol–water partition coefficient (Wildman–Crippen LogP) is 4.90. The topological polar surface area (TPSA) is 105 Å². The Kier molecular flexibility index (Phi) is 7.46. The van der Waals surface area contributed by atoms with Crippen molar-refractivity contribution < 1.29 is 21.6 Å². The lowest BCUT2D eigenvalue weighted by Gasteiger charge is -2.30. The fourth-order valence-electron chi connectivity index (χ4n) is 4.15. The fraction of sp³-hybridized carbons (Fsp3) is 0.308. The van der Waals surface area contributed by atoms with Crippen LogP contribution in [0.15, 0.2) is 70.5 Å². The lowest BCUT2D eigenvalue weighted by atomic mass is 10.1. The number of piperidine rings is 1. The first-order valence-electron chi connectivity index (χ1n) is 11.7. The van der Waals surface area contributed by atoms with Crippen molar-refractivity contribution >= 4 is 37.1 Å². The second kappa shape index (κ2) is 10.4. The van der Waals surface area contributed by atoms with Crippen LogP contribution in [-0.4, -0.2) is 37.0 Å². The number of ether oxygens (including phenoxy) is 1. The van der Waals surface area contributed by atoms with Gasteiger partial charge in [0.2, 0.25) is 0 Å². The van der Waals surface area contributed by atoms with E-state index >= 15 is 0 Å². The molecule has 0 spiro atoms. The van der Waals surface area contributed by atoms with Gasteiger partial charge in [0.05, 0.1) is 23.4 Å². The molecular formula is C26H31N3O5S2. The van der Waals surface area contributed by atoms with Gasteiger partial charge in [0.1, 0.15) is 10.6 Å². The Morgan fingerprint density at radius 1 is 0.722 bits per heavy atom. The first-order chi connectivity index (χ1) is 17.1. The van der Waals surface area contributed by atoms with Crippen molar-refractivity contribution in [3.8, 4) is 5.75 Å². The predicted molar refractivity (Wildman–Crippen MR) is 143 cm³/mol. The maximum Gasteiger partial charge on any atom is 0.264 e. The molecule has 1 heterocycles. The molecular weight excluding hydrogens is 498 g/mol. The third kappa shape index (κ3) is 5.76. The van der Waals surface area contributed by atoms with Crippen LogP contribution in [0, 0.1) is 13.8 Å². The number of aryl methyl sites for hydroxylation is 2. The molecule has 0 aliphatic carbocycles. The van der Waals surface area contributed by atoms with Gasteiger partial charge in [0.15, 0.2) is 0 Å². The minimum atomic E-state index is -4.04. The zero-order valence-electron chi connectivity index (χ0n) is 20.6. The number of methoxy groups -OCH3 is 1. The number of nitrogens with zero attached hydrogens (tertiary/aromatic N) is 1. The number of hydrogen-bond acceptors (Lipinski definition) is 6. The molecule has 1 fully saturated rings. The van der Waals surface area contributed by atoms with E-state index in [1.54, 1.807) is 48.5 Å². The molecule has 0 aromatic heterocycles. The van der Waals surface area contributed by atoms with Crippen LogP contribution in [0.1, 0.15) is 30.4 Å². The molecule has 0 atom stereocenters. The summed E-state index contributed by atoms with van der Waals surface area (Å²) in [7, 11) is -6.41. The molecule has 2 N–H and O–H groups in total. The molecule has 0 saturated carbocycles. The Hall–Kier alpha value is -3.24. The summed E-state index contributed by atoms with van der Waals surface area (Å²) >= 11 is 0. The minimum Gasteiger partial charge on any atom is -0.497 e. The summed E-state index contributed by atoms with van der Waals surface area (Å²) in [5, 5.41) is 0. The third-order valence-electron chi connectivity index (χ3n) is 6.33. The van der Waals surface area contributed by atoms with E-state index in [4.69, 9.17) is 4.74 Å². The van der Waals surface area contributed by atoms with Gasteiger partial charge >= 0.3 is 0 Å². The van der Waals surface area contributed by atoms with Gasteiger partial charge in [0.25, 0.3) is 20.0 Å². The van der Waals surface area contributed by atoms with Crippen LogP contribution in [0.25, 0.3) is 0 Å². The van der Waals surface area contributed by atoms with Crippen molar-refractivity contribution in [2.45, 2.75) is 42.9 Å². The van der Waals surface area contributed by atoms with E-state index in [0.29, 0.717) is 17.1 Å². The van der Waals surface area contributed by atoms with Gasteiger partial charge in [0, 0.05) is 18.8 Å². The first-order valence-corrected chi connectivity index (χ1v) is 14.7. The highest BCUT2D eigenvalue weighted by Crippen LogP contribution is 2.33. The highest BCUT2D eigenvalue weighted by atomic mass is 32.2. The van der Waals surface area contributed by atoms with E-state index in [2.05, 4.69) is 9.44 Å². The zero-order valence-corrected chi connectivity index (χ0v) is 22.2. The van der Waals surface area contributed by atoms with Crippen molar-refractivity contribution in [2.75, 3.05) is 34.5 Å². The molecule has 3 aromatic carbocycles. The van der Waals surface area contributed by atoms with Crippen molar-refractivity contribution in [2.24, 2.45) is 0 Å². The molecule has 192 valence electrons. The normalized spacial score (nSPS) is 14.4. The van der Waals surface area contributed by atoms with E-state index < -0.39 is 20.0 Å². The summed E-state index contributed by atoms with van der Waals surface area (Å²) in [5.41, 5.74) is 2.93. The van der Waals surface area contributed by atoms with Crippen molar-refractivity contribution in [1.29, 1.82) is 0 Å². The fourth-order valence-corrected chi connectivity index (χ4v) is 6.60. The quantitative estimate of drug-likeness (QED) is 0.430. The molecule has 0 unspecified atom stereocenters. The Morgan fingerprint density at radius 2 is 1.36 bits per heavy atom. The van der Waals surface area contributed by atoms with Crippen LogP contribution in [0.3, 0.4) is 0 Å². The molecule has 0 radical (unpaired) electrons. The van der Waals surface area contributed by atoms with E-state index in [1.807, 2.05) is 18.7 Å². The zero-order chi connectivity index (χ0) is 25.9. The SMILES string of the molecule is COc1ccc(NS(=O)(=O)c2cc(NS(=O)(=O)c3ccc(C)c(C)c3)ccc2N2CCCCC2)cc1. The highest BCUT2D eigenvalue weighted by Gasteiger charge is 2.25. The molecule has 0 amide bonds. The largest absolute Gasteiger partial charge is 0.497 e. The van der Waals surface area contributed by atoms with Gasteiger partial charge in [-0.15, -0.1) is 0 Å². The van der Waals surface area contributed by atoms with Crippen LogP contribution in [0.2, 0.25) is 0 Å². The standard InChI is InChI=1S/C26H31N3O5S2/c1-19-7-13-24(17-20(19)2)35(30,31)28-22-10-14-25(29-15-5-4-6-16-29)26(18-22)36(32,33)27-21-8-11-23(34-3)12-9-21/h7-14,17-18,27-28H,4-6,15-16H2,1-3H3. The average molecular weight is 530 g/mol. The molecule has 8 nitrogen and oxygen atoms in total. The van der Waals surface area contributed by atoms with Crippen molar-refractivity contribution in [3.05, 3.63) is 71.8 Å². The van der Waals surface area contributed by atoms with E-state index in [1.165, 1.54) is 19.2 Å². The summed E-state index contributed by atoms with van der Waals surface area (Å²) < 4.78 is 63.5. The van der Waals surface area contributed by atoms with Crippen LogP contribution in [0.5, 0.6) is 5.75 Å². The van der Waals surface area contributed by atoms with Crippen LogP contribution in [-0.2, 0) is 20.0 Å². The first kappa shape index (κ1) is 25.8. The van der Waals surface area contributed by atoms with E-state index in [9.17, 15) is 16.8 Å². The average Bonchev–Trinajstić information content (AvgIpc) is 2.86. The molecule has 36 heavy (non-hydrogen) atoms. The molecule has 1 aliphatic heterocycles.